The molecule has 2 fully saturated rings. The van der Waals surface area contributed by atoms with Crippen molar-refractivity contribution in [3.05, 3.63) is 56.1 Å². The van der Waals surface area contributed by atoms with Crippen molar-refractivity contribution < 1.29 is 39.8 Å². The largest absolute Gasteiger partial charge is 2.00 e. The smallest absolute Gasteiger partial charge is 0.457 e. The molecule has 1 unspecified atom stereocenters. The molecule has 8 heteroatoms. The minimum Gasteiger partial charge on any atom is -0.457 e. The molecule has 0 bridgehead atoms. The number of Topliss-reactive ketones (excluding diaryl/α,β-unsaturated/α-hetero) is 1. The molecule has 2 saturated carbocycles. The van der Waals surface area contributed by atoms with Gasteiger partial charge in [-0.15, -0.1) is 0 Å². The number of carbonyl (C=O) groups excluding carboxylic acids is 2. The average molecular weight is 534 g/mol. The molecule has 0 amide bonds. The van der Waals surface area contributed by atoms with Gasteiger partial charge < -0.3 is 24.4 Å². The van der Waals surface area contributed by atoms with Crippen LogP contribution in [0.5, 0.6) is 0 Å². The van der Waals surface area contributed by atoms with Crippen LogP contribution in [0.25, 0.3) is 4.85 Å². The van der Waals surface area contributed by atoms with Gasteiger partial charge in [0.1, 0.15) is 0 Å². The molecule has 1 aromatic carbocycles. The SMILES string of the molecule is C1CCCC1.[C-]#[N+]C(C)(COC(=O)C1CCCC1)CC(=O)c1ccc(S(C)(=O)=O)cc1.[CH3-].[CH3-].[Fe+2]. The number of rotatable bonds is 7. The van der Waals surface area contributed by atoms with E-state index in [1.54, 1.807) is 6.92 Å². The van der Waals surface area contributed by atoms with Crippen molar-refractivity contribution in [1.82, 2.24) is 0 Å². The number of hydrogen-bond acceptors (Lipinski definition) is 5. The van der Waals surface area contributed by atoms with Crippen LogP contribution in [0.4, 0.5) is 0 Å². The Morgan fingerprint density at radius 3 is 1.88 bits per heavy atom. The van der Waals surface area contributed by atoms with Gasteiger partial charge in [-0.05, 0) is 25.0 Å². The number of ketones is 1. The number of carbonyl (C=O) groups is 2. The van der Waals surface area contributed by atoms with Crippen molar-refractivity contribution in [1.29, 1.82) is 0 Å². The summed E-state index contributed by atoms with van der Waals surface area (Å²) in [7, 11) is -3.33. The number of hydrogen-bond donors (Lipinski definition) is 0. The summed E-state index contributed by atoms with van der Waals surface area (Å²) in [5, 5.41) is 0. The maximum absolute atomic E-state index is 12.4. The Morgan fingerprint density at radius 2 is 1.47 bits per heavy atom. The third-order valence-electron chi connectivity index (χ3n) is 5.88. The molecule has 0 heterocycles. The van der Waals surface area contributed by atoms with Crippen LogP contribution in [-0.2, 0) is 36.4 Å². The van der Waals surface area contributed by atoms with E-state index in [0.29, 0.717) is 5.56 Å². The minimum absolute atomic E-state index is 0. The summed E-state index contributed by atoms with van der Waals surface area (Å²) in [6.45, 7) is 8.85. The van der Waals surface area contributed by atoms with Gasteiger partial charge >= 0.3 is 23.0 Å². The van der Waals surface area contributed by atoms with E-state index in [2.05, 4.69) is 4.85 Å². The topological polar surface area (TPSA) is 81.9 Å². The molecule has 0 saturated heterocycles. The number of benzene rings is 1. The average Bonchev–Trinajstić information content (AvgIpc) is 3.48. The fourth-order valence-corrected chi connectivity index (χ4v) is 4.48. The maximum atomic E-state index is 12.4. The van der Waals surface area contributed by atoms with Gasteiger partial charge in [-0.25, -0.2) is 15.0 Å². The van der Waals surface area contributed by atoms with Crippen LogP contribution in [-0.4, -0.2) is 38.6 Å². The Kier molecular flexibility index (Phi) is 16.3. The molecule has 3 rings (SSSR count). The first-order valence-corrected chi connectivity index (χ1v) is 12.9. The quantitative estimate of drug-likeness (QED) is 0.188. The van der Waals surface area contributed by atoms with Crippen molar-refractivity contribution in [3.63, 3.8) is 0 Å². The van der Waals surface area contributed by atoms with Crippen molar-refractivity contribution in [2.75, 3.05) is 12.9 Å². The zero-order valence-corrected chi connectivity index (χ0v) is 22.8. The zero-order valence-electron chi connectivity index (χ0n) is 20.9. The first-order chi connectivity index (χ1) is 14.6. The van der Waals surface area contributed by atoms with Crippen LogP contribution in [0.3, 0.4) is 0 Å². The molecule has 2 aliphatic carbocycles. The normalized spacial score (nSPS) is 16.7. The monoisotopic (exact) mass is 533 g/mol. The molecular weight excluding hydrogens is 494 g/mol. The standard InChI is InChI=1S/C19H23NO5S.C5H10.2CH3.Fe/c1-19(20-2,13-25-18(22)15-6-4-5-7-15)12-17(21)14-8-10-16(11-9-14)26(3,23)24;1-2-4-5-3-1;;;/h8-11,15H,4-7,12-13H2,1,3H3;1-5H2;2*1H3;/q;;2*-1;+2. The second-order valence-corrected chi connectivity index (χ2v) is 10.9. The van der Waals surface area contributed by atoms with Crippen LogP contribution < -0.4 is 0 Å². The molecule has 0 aromatic heterocycles. The fraction of sp³-hybridized carbons (Fsp3) is 0.577. The van der Waals surface area contributed by atoms with E-state index in [4.69, 9.17) is 11.3 Å². The van der Waals surface area contributed by atoms with Gasteiger partial charge in [0.05, 0.1) is 17.2 Å². The van der Waals surface area contributed by atoms with Crippen molar-refractivity contribution in [2.24, 2.45) is 5.92 Å². The van der Waals surface area contributed by atoms with E-state index < -0.39 is 15.4 Å². The molecule has 34 heavy (non-hydrogen) atoms. The van der Waals surface area contributed by atoms with Crippen LogP contribution in [0.1, 0.15) is 81.5 Å². The van der Waals surface area contributed by atoms with E-state index >= 15 is 0 Å². The summed E-state index contributed by atoms with van der Waals surface area (Å²) < 4.78 is 28.2. The van der Waals surface area contributed by atoms with Gasteiger partial charge in [-0.1, -0.05) is 57.1 Å². The van der Waals surface area contributed by atoms with E-state index in [1.165, 1.54) is 56.4 Å². The van der Waals surface area contributed by atoms with Crippen molar-refractivity contribution >= 4 is 21.6 Å². The van der Waals surface area contributed by atoms with Crippen LogP contribution in [0.15, 0.2) is 29.2 Å². The number of sulfone groups is 1. The predicted octanol–water partition coefficient (Wildman–Crippen LogP) is 5.92. The number of nitrogens with zero attached hydrogens (tertiary/aromatic N) is 1. The van der Waals surface area contributed by atoms with Gasteiger partial charge in [-0.2, -0.15) is 0 Å². The van der Waals surface area contributed by atoms with Crippen LogP contribution >= 0.6 is 0 Å². The Bertz CT molecular complexity index is 891. The Hall–Kier alpha value is -1.68. The van der Waals surface area contributed by atoms with E-state index in [9.17, 15) is 18.0 Å². The van der Waals surface area contributed by atoms with Gasteiger partial charge in [0.2, 0.25) is 0 Å². The Morgan fingerprint density at radius 1 is 1.00 bits per heavy atom. The Labute approximate surface area is 217 Å². The van der Waals surface area contributed by atoms with E-state index in [1.807, 2.05) is 0 Å². The molecular formula is C26H39FeNO5S. The zero-order chi connectivity index (χ0) is 22.9. The molecule has 0 radical (unpaired) electrons. The first-order valence-electron chi connectivity index (χ1n) is 11.0. The number of ether oxygens (including phenoxy) is 1. The van der Waals surface area contributed by atoms with E-state index in [-0.39, 0.29) is 67.5 Å². The van der Waals surface area contributed by atoms with Crippen molar-refractivity contribution in [3.8, 4) is 0 Å². The van der Waals surface area contributed by atoms with Crippen molar-refractivity contribution in [2.45, 2.75) is 81.6 Å². The maximum Gasteiger partial charge on any atom is 2.00 e. The van der Waals surface area contributed by atoms with Gasteiger partial charge in [0.15, 0.2) is 22.2 Å². The molecule has 192 valence electrons. The number of esters is 1. The molecule has 6 nitrogen and oxygen atoms in total. The minimum atomic E-state index is -3.33. The molecule has 0 N–H and O–H groups in total. The van der Waals surface area contributed by atoms with Gasteiger partial charge in [-0.3, -0.25) is 9.59 Å². The predicted molar refractivity (Wildman–Crippen MR) is 132 cm³/mol. The summed E-state index contributed by atoms with van der Waals surface area (Å²) in [6, 6.07) is 5.62. The summed E-state index contributed by atoms with van der Waals surface area (Å²) in [5.41, 5.74) is -0.810. The van der Waals surface area contributed by atoms with Crippen LogP contribution in [0, 0.1) is 27.3 Å². The van der Waals surface area contributed by atoms with Gasteiger partial charge in [0.25, 0.3) is 5.54 Å². The van der Waals surface area contributed by atoms with Crippen LogP contribution in [0.2, 0.25) is 0 Å². The fourth-order valence-electron chi connectivity index (χ4n) is 3.85. The Balaban J connectivity index is 0. The van der Waals surface area contributed by atoms with Gasteiger partial charge in [0, 0.05) is 18.7 Å². The summed E-state index contributed by atoms with van der Waals surface area (Å²) in [4.78, 5) is 28.1. The third kappa shape index (κ3) is 11.2. The summed E-state index contributed by atoms with van der Waals surface area (Å²) in [5.74, 6) is -0.674. The molecule has 1 atom stereocenters. The second-order valence-electron chi connectivity index (χ2n) is 8.86. The van der Waals surface area contributed by atoms with E-state index in [0.717, 1.165) is 31.9 Å². The molecule has 0 spiro atoms. The molecule has 2 aliphatic rings. The first kappa shape index (κ1) is 34.5. The summed E-state index contributed by atoms with van der Waals surface area (Å²) >= 11 is 0. The molecule has 1 aromatic rings. The third-order valence-corrected chi connectivity index (χ3v) is 7.01. The molecule has 0 aliphatic heterocycles. The second kappa shape index (κ2) is 16.1. The summed E-state index contributed by atoms with van der Waals surface area (Å²) in [6.07, 6.45) is 12.2.